The molecule has 0 fully saturated rings. The van der Waals surface area contributed by atoms with Gasteiger partial charge in [0.2, 0.25) is 5.13 Å². The van der Waals surface area contributed by atoms with Gasteiger partial charge in [-0.3, -0.25) is 10.1 Å². The molecule has 1 amide bonds. The molecule has 0 bridgehead atoms. The van der Waals surface area contributed by atoms with E-state index < -0.39 is 0 Å². The van der Waals surface area contributed by atoms with E-state index in [0.29, 0.717) is 32.8 Å². The fourth-order valence-corrected chi connectivity index (χ4v) is 3.71. The van der Waals surface area contributed by atoms with Crippen LogP contribution in [0.4, 0.5) is 5.13 Å². The van der Waals surface area contributed by atoms with Crippen LogP contribution in [-0.2, 0) is 17.8 Å². The first-order valence-corrected chi connectivity index (χ1v) is 8.28. The Morgan fingerprint density at radius 3 is 2.81 bits per heavy atom. The predicted octanol–water partition coefficient (Wildman–Crippen LogP) is 3.25. The number of rotatable bonds is 6. The molecule has 6 nitrogen and oxygen atoms in total. The van der Waals surface area contributed by atoms with Gasteiger partial charge in [-0.1, -0.05) is 36.8 Å². The van der Waals surface area contributed by atoms with E-state index in [1.54, 1.807) is 7.11 Å². The Balaban J connectivity index is 2.12. The van der Waals surface area contributed by atoms with E-state index in [1.807, 2.05) is 0 Å². The maximum atomic E-state index is 12.3. The fraction of sp³-hybridized carbons (Fsp3) is 0.500. The quantitative estimate of drug-likeness (QED) is 0.868. The summed E-state index contributed by atoms with van der Waals surface area (Å²) in [6.45, 7) is 4.53. The Hall–Kier alpha value is -1.09. The Bertz CT molecular complexity index is 627. The number of carbonyl (C=O) groups is 1. The van der Waals surface area contributed by atoms with E-state index in [4.69, 9.17) is 16.3 Å². The first kappa shape index (κ1) is 16.3. The molecule has 0 saturated heterocycles. The maximum Gasteiger partial charge on any atom is 0.277 e. The second kappa shape index (κ2) is 7.26. The molecule has 2 aromatic heterocycles. The van der Waals surface area contributed by atoms with Crippen LogP contribution in [0.25, 0.3) is 0 Å². The summed E-state index contributed by atoms with van der Waals surface area (Å²) in [5.74, 6) is 0.108. The lowest BCUT2D eigenvalue weighted by molar-refractivity contribution is 0.102. The summed E-state index contributed by atoms with van der Waals surface area (Å²) in [5.41, 5.74) is 0.363. The van der Waals surface area contributed by atoms with Crippen molar-refractivity contribution in [2.75, 3.05) is 12.4 Å². The van der Waals surface area contributed by atoms with E-state index in [9.17, 15) is 4.79 Å². The van der Waals surface area contributed by atoms with Gasteiger partial charge in [0.25, 0.3) is 5.91 Å². The smallest absolute Gasteiger partial charge is 0.277 e. The predicted molar refractivity (Wildman–Crippen MR) is 84.2 cm³/mol. The largest absolute Gasteiger partial charge is 0.377 e. The first-order chi connectivity index (χ1) is 9.99. The van der Waals surface area contributed by atoms with Crippen molar-refractivity contribution in [2.24, 2.45) is 5.92 Å². The lowest BCUT2D eigenvalue weighted by Crippen LogP contribution is -2.14. The van der Waals surface area contributed by atoms with E-state index in [-0.39, 0.29) is 5.91 Å². The van der Waals surface area contributed by atoms with Crippen molar-refractivity contribution in [1.82, 2.24) is 15.2 Å². The van der Waals surface area contributed by atoms with Crippen LogP contribution in [0.2, 0.25) is 4.47 Å². The number of amides is 1. The van der Waals surface area contributed by atoms with Gasteiger partial charge in [-0.2, -0.15) is 0 Å². The van der Waals surface area contributed by atoms with Crippen molar-refractivity contribution < 1.29 is 9.53 Å². The summed E-state index contributed by atoms with van der Waals surface area (Å²) in [5, 5.41) is 11.6. The number of carbonyl (C=O) groups excluding carboxylic acids is 1. The maximum absolute atomic E-state index is 12.3. The van der Waals surface area contributed by atoms with Crippen LogP contribution >= 0.6 is 34.3 Å². The average molecular weight is 347 g/mol. The number of nitrogens with one attached hydrogen (secondary N) is 1. The van der Waals surface area contributed by atoms with Crippen molar-refractivity contribution in [3.63, 3.8) is 0 Å². The number of ether oxygens (including phenoxy) is 1. The van der Waals surface area contributed by atoms with Crippen LogP contribution in [0.3, 0.4) is 0 Å². The van der Waals surface area contributed by atoms with Crippen LogP contribution in [0, 0.1) is 5.92 Å². The topological polar surface area (TPSA) is 77.0 Å². The summed E-state index contributed by atoms with van der Waals surface area (Å²) < 4.78 is 5.33. The lowest BCUT2D eigenvalue weighted by atomic mass is 10.1. The molecule has 0 radical (unpaired) electrons. The molecular weight excluding hydrogens is 332 g/mol. The van der Waals surface area contributed by atoms with Crippen LogP contribution in [0.15, 0.2) is 0 Å². The van der Waals surface area contributed by atoms with Gasteiger partial charge in [0.05, 0.1) is 0 Å². The second-order valence-electron chi connectivity index (χ2n) is 4.72. The minimum Gasteiger partial charge on any atom is -0.377 e. The molecule has 1 N–H and O–H groups in total. The molecule has 0 spiro atoms. The summed E-state index contributed by atoms with van der Waals surface area (Å²) in [7, 11) is 1.58. The third-order valence-electron chi connectivity index (χ3n) is 2.44. The van der Waals surface area contributed by atoms with Gasteiger partial charge >= 0.3 is 0 Å². The highest BCUT2D eigenvalue weighted by molar-refractivity contribution is 7.16. The van der Waals surface area contributed by atoms with Gasteiger partial charge in [-0.05, 0) is 12.3 Å². The number of hydrogen-bond acceptors (Lipinski definition) is 7. The monoisotopic (exact) mass is 346 g/mol. The van der Waals surface area contributed by atoms with Crippen molar-refractivity contribution in [3.8, 4) is 0 Å². The Kier molecular flexibility index (Phi) is 5.63. The average Bonchev–Trinajstić information content (AvgIpc) is 2.96. The Morgan fingerprint density at radius 2 is 2.14 bits per heavy atom. The van der Waals surface area contributed by atoms with Gasteiger partial charge in [0, 0.05) is 12.0 Å². The highest BCUT2D eigenvalue weighted by Gasteiger charge is 2.19. The van der Waals surface area contributed by atoms with Crippen molar-refractivity contribution >= 4 is 45.3 Å². The molecule has 2 aromatic rings. The number of halogens is 1. The van der Waals surface area contributed by atoms with Crippen LogP contribution in [0.5, 0.6) is 0 Å². The third kappa shape index (κ3) is 4.44. The molecule has 9 heteroatoms. The molecule has 2 heterocycles. The molecule has 0 unspecified atom stereocenters. The molecule has 0 aromatic carbocycles. The number of thiazole rings is 1. The normalized spacial score (nSPS) is 11.1. The molecular formula is C12H15ClN4O2S2. The number of anilines is 1. The highest BCUT2D eigenvalue weighted by Crippen LogP contribution is 2.26. The Labute approximate surface area is 135 Å². The number of aromatic nitrogens is 3. The van der Waals surface area contributed by atoms with Crippen LogP contribution in [0.1, 0.15) is 34.2 Å². The van der Waals surface area contributed by atoms with Crippen LogP contribution < -0.4 is 5.32 Å². The summed E-state index contributed by atoms with van der Waals surface area (Å²) in [6, 6.07) is 0. The summed E-state index contributed by atoms with van der Waals surface area (Å²) >= 11 is 8.53. The number of nitrogens with zero attached hydrogens (tertiary/aromatic N) is 3. The molecule has 2 rings (SSSR count). The molecule has 21 heavy (non-hydrogen) atoms. The standard InChI is InChI=1S/C12H15ClN4O2S2/c1-6(2)4-7-9(14-11(13)20-7)10(18)15-12-17-16-8(21-12)5-19-3/h6H,4-5H2,1-3H3,(H,15,17,18). The highest BCUT2D eigenvalue weighted by atomic mass is 35.5. The molecule has 0 aliphatic heterocycles. The van der Waals surface area contributed by atoms with E-state index in [0.717, 1.165) is 11.3 Å². The summed E-state index contributed by atoms with van der Waals surface area (Å²) in [4.78, 5) is 17.3. The van der Waals surface area contributed by atoms with Gasteiger partial charge in [-0.25, -0.2) is 4.98 Å². The van der Waals surface area contributed by atoms with Gasteiger partial charge in [0.1, 0.15) is 17.3 Å². The van der Waals surface area contributed by atoms with Crippen molar-refractivity contribution in [2.45, 2.75) is 26.9 Å². The minimum atomic E-state index is -0.311. The van der Waals surface area contributed by atoms with Crippen molar-refractivity contribution in [3.05, 3.63) is 20.0 Å². The Morgan fingerprint density at radius 1 is 1.38 bits per heavy atom. The van der Waals surface area contributed by atoms with E-state index in [2.05, 4.69) is 34.3 Å². The van der Waals surface area contributed by atoms with Gasteiger partial charge in [-0.15, -0.1) is 21.5 Å². The zero-order valence-corrected chi connectivity index (χ0v) is 14.2. The van der Waals surface area contributed by atoms with Gasteiger partial charge in [0.15, 0.2) is 4.47 Å². The molecule has 0 aliphatic rings. The zero-order chi connectivity index (χ0) is 15.4. The molecule has 0 aliphatic carbocycles. The number of methoxy groups -OCH3 is 1. The van der Waals surface area contributed by atoms with E-state index >= 15 is 0 Å². The second-order valence-corrected chi connectivity index (χ2v) is 7.45. The third-order valence-corrected chi connectivity index (χ3v) is 4.43. The summed E-state index contributed by atoms with van der Waals surface area (Å²) in [6.07, 6.45) is 0.762. The fourth-order valence-electron chi connectivity index (χ4n) is 1.65. The zero-order valence-electron chi connectivity index (χ0n) is 11.8. The van der Waals surface area contributed by atoms with Crippen molar-refractivity contribution in [1.29, 1.82) is 0 Å². The lowest BCUT2D eigenvalue weighted by Gasteiger charge is -2.04. The van der Waals surface area contributed by atoms with E-state index in [1.165, 1.54) is 22.7 Å². The molecule has 0 atom stereocenters. The minimum absolute atomic E-state index is 0.311. The molecule has 0 saturated carbocycles. The first-order valence-electron chi connectivity index (χ1n) is 6.27. The van der Waals surface area contributed by atoms with Gasteiger partial charge < -0.3 is 4.74 Å². The van der Waals surface area contributed by atoms with Crippen LogP contribution in [-0.4, -0.2) is 28.2 Å². The molecule has 114 valence electrons. The SMILES string of the molecule is COCc1nnc(NC(=O)c2nc(Cl)sc2CC(C)C)s1. The number of hydrogen-bond donors (Lipinski definition) is 1.